The van der Waals surface area contributed by atoms with Gasteiger partial charge < -0.3 is 10.2 Å². The number of fused-ring (bicyclic) bond motifs is 2. The minimum atomic E-state index is 0.102. The van der Waals surface area contributed by atoms with E-state index >= 15 is 0 Å². The second-order valence-electron chi connectivity index (χ2n) is 10.8. The van der Waals surface area contributed by atoms with Crippen molar-refractivity contribution in [1.29, 1.82) is 0 Å². The lowest BCUT2D eigenvalue weighted by atomic mass is 9.36. The topological polar surface area (TPSA) is 40.5 Å². The van der Waals surface area contributed by atoms with Crippen LogP contribution in [0.5, 0.6) is 0 Å². The van der Waals surface area contributed by atoms with Crippen molar-refractivity contribution in [3.05, 3.63) is 11.6 Å². The van der Waals surface area contributed by atoms with Gasteiger partial charge in [-0.05, 0) is 84.4 Å². The molecule has 0 amide bonds. The Balaban J connectivity index is 1.79. The maximum Gasteiger partial charge on any atom is 0.0487 e. The van der Waals surface area contributed by atoms with Gasteiger partial charge in [0, 0.05) is 13.2 Å². The standard InChI is InChI=1S/C23H38O2/c1-15(2)18-12-23-9-6-19-21(3,14-25)7-5-8-22(19,4)20(23)11-16(18)10-17(23)13-24/h12,15-17,19-20,24-25H,5-11,13-14H2,1-4H3/t16-,17-,19-,20+,21-,22-,23+/m0/s1. The van der Waals surface area contributed by atoms with Crippen molar-refractivity contribution < 1.29 is 10.2 Å². The summed E-state index contributed by atoms with van der Waals surface area (Å²) >= 11 is 0. The van der Waals surface area contributed by atoms with Crippen molar-refractivity contribution in [3.8, 4) is 0 Å². The summed E-state index contributed by atoms with van der Waals surface area (Å²) in [6.07, 6.45) is 11.4. The number of hydrogen-bond acceptors (Lipinski definition) is 2. The van der Waals surface area contributed by atoms with Gasteiger partial charge in [0.1, 0.15) is 0 Å². The van der Waals surface area contributed by atoms with Gasteiger partial charge in [-0.2, -0.15) is 0 Å². The van der Waals surface area contributed by atoms with Crippen LogP contribution < -0.4 is 0 Å². The van der Waals surface area contributed by atoms with Crippen molar-refractivity contribution >= 4 is 0 Å². The third kappa shape index (κ3) is 2.29. The van der Waals surface area contributed by atoms with Crippen molar-refractivity contribution in [1.82, 2.24) is 0 Å². The molecule has 5 aliphatic rings. The summed E-state index contributed by atoms with van der Waals surface area (Å²) in [5.74, 6) is 3.12. The molecule has 5 aliphatic carbocycles. The molecule has 0 aromatic heterocycles. The fourth-order valence-corrected chi connectivity index (χ4v) is 8.28. The van der Waals surface area contributed by atoms with Crippen LogP contribution in [0.4, 0.5) is 0 Å². The van der Waals surface area contributed by atoms with E-state index in [0.29, 0.717) is 48.2 Å². The highest BCUT2D eigenvalue weighted by Crippen LogP contribution is 2.72. The van der Waals surface area contributed by atoms with Gasteiger partial charge in [-0.25, -0.2) is 0 Å². The lowest BCUT2D eigenvalue weighted by Gasteiger charge is -2.69. The van der Waals surface area contributed by atoms with Crippen molar-refractivity contribution in [3.63, 3.8) is 0 Å². The molecule has 0 aromatic carbocycles. The van der Waals surface area contributed by atoms with E-state index in [-0.39, 0.29) is 10.8 Å². The normalized spacial score (nSPS) is 51.9. The first-order valence-corrected chi connectivity index (χ1v) is 10.7. The molecule has 0 heterocycles. The zero-order valence-electron chi connectivity index (χ0n) is 16.7. The van der Waals surface area contributed by atoms with Crippen LogP contribution in [0.1, 0.15) is 72.6 Å². The highest BCUT2D eigenvalue weighted by atomic mass is 16.3. The molecule has 2 heteroatoms. The SMILES string of the molecule is CC(C)C1=C[C@@]23CC[C@H]4[C@](C)(CO)CCC[C@]4(C)[C@H]2C[C@@H]1C[C@H]3CO. The van der Waals surface area contributed by atoms with Crippen molar-refractivity contribution in [2.75, 3.05) is 13.2 Å². The van der Waals surface area contributed by atoms with Crippen LogP contribution in [0.15, 0.2) is 11.6 Å². The number of allylic oxidation sites excluding steroid dienone is 2. The Morgan fingerprint density at radius 1 is 1.08 bits per heavy atom. The lowest BCUT2D eigenvalue weighted by molar-refractivity contribution is -0.181. The summed E-state index contributed by atoms with van der Waals surface area (Å²) in [6, 6.07) is 0. The maximum atomic E-state index is 10.2. The number of rotatable bonds is 3. The Kier molecular flexibility index (Phi) is 4.21. The van der Waals surface area contributed by atoms with Crippen LogP contribution in [0, 0.1) is 45.8 Å². The molecule has 3 fully saturated rings. The number of aliphatic hydroxyl groups excluding tert-OH is 2. The number of hydrogen-bond donors (Lipinski definition) is 2. The van der Waals surface area contributed by atoms with Crippen LogP contribution in [0.3, 0.4) is 0 Å². The fourth-order valence-electron chi connectivity index (χ4n) is 8.28. The molecule has 142 valence electrons. The molecule has 2 nitrogen and oxygen atoms in total. The van der Waals surface area contributed by atoms with Crippen LogP contribution >= 0.6 is 0 Å². The predicted octanol–water partition coefficient (Wildman–Crippen LogP) is 4.80. The smallest absolute Gasteiger partial charge is 0.0487 e. The van der Waals surface area contributed by atoms with Gasteiger partial charge in [0.2, 0.25) is 0 Å². The molecule has 0 unspecified atom stereocenters. The van der Waals surface area contributed by atoms with Gasteiger partial charge >= 0.3 is 0 Å². The van der Waals surface area contributed by atoms with Gasteiger partial charge in [-0.1, -0.05) is 45.8 Å². The van der Waals surface area contributed by atoms with Crippen LogP contribution in [0.25, 0.3) is 0 Å². The molecule has 0 radical (unpaired) electrons. The van der Waals surface area contributed by atoms with Gasteiger partial charge in [-0.3, -0.25) is 0 Å². The first-order valence-electron chi connectivity index (χ1n) is 10.7. The first-order chi connectivity index (χ1) is 11.8. The molecule has 5 rings (SSSR count). The zero-order valence-corrected chi connectivity index (χ0v) is 16.7. The molecule has 7 atom stereocenters. The van der Waals surface area contributed by atoms with Crippen molar-refractivity contribution in [2.45, 2.75) is 72.6 Å². The minimum absolute atomic E-state index is 0.102. The molecule has 2 N–H and O–H groups in total. The highest BCUT2D eigenvalue weighted by molar-refractivity contribution is 5.30. The molecule has 0 aliphatic heterocycles. The minimum Gasteiger partial charge on any atom is -0.396 e. The molecule has 3 saturated carbocycles. The molecular formula is C23H38O2. The average Bonchev–Trinajstić information content (AvgIpc) is 2.60. The van der Waals surface area contributed by atoms with Crippen LogP contribution in [0.2, 0.25) is 0 Å². The average molecular weight is 347 g/mol. The Morgan fingerprint density at radius 2 is 1.84 bits per heavy atom. The van der Waals surface area contributed by atoms with E-state index in [2.05, 4.69) is 33.8 Å². The van der Waals surface area contributed by atoms with Gasteiger partial charge in [0.05, 0.1) is 0 Å². The van der Waals surface area contributed by atoms with Crippen LogP contribution in [-0.4, -0.2) is 23.4 Å². The Bertz CT molecular complexity index is 566. The lowest BCUT2D eigenvalue weighted by Crippen LogP contribution is -2.62. The van der Waals surface area contributed by atoms with Gasteiger partial charge in [0.15, 0.2) is 0 Å². The predicted molar refractivity (Wildman–Crippen MR) is 102 cm³/mol. The van der Waals surface area contributed by atoms with Gasteiger partial charge in [0.25, 0.3) is 0 Å². The summed E-state index contributed by atoms with van der Waals surface area (Å²) in [5.41, 5.74) is 2.34. The first kappa shape index (κ1) is 18.0. The van der Waals surface area contributed by atoms with Crippen molar-refractivity contribution in [2.24, 2.45) is 45.8 Å². The Morgan fingerprint density at radius 3 is 2.48 bits per heavy atom. The van der Waals surface area contributed by atoms with E-state index in [9.17, 15) is 10.2 Å². The molecule has 25 heavy (non-hydrogen) atoms. The summed E-state index contributed by atoms with van der Waals surface area (Å²) in [6.45, 7) is 10.3. The number of aliphatic hydroxyl groups is 2. The highest BCUT2D eigenvalue weighted by Gasteiger charge is 2.65. The second-order valence-corrected chi connectivity index (χ2v) is 10.8. The van der Waals surface area contributed by atoms with Gasteiger partial charge in [-0.15, -0.1) is 0 Å². The summed E-state index contributed by atoms with van der Waals surface area (Å²) in [4.78, 5) is 0. The summed E-state index contributed by atoms with van der Waals surface area (Å²) in [5, 5.41) is 20.4. The summed E-state index contributed by atoms with van der Waals surface area (Å²) in [7, 11) is 0. The molecule has 0 saturated heterocycles. The van der Waals surface area contributed by atoms with E-state index in [0.717, 1.165) is 0 Å². The molecular weight excluding hydrogens is 308 g/mol. The Labute approximate surface area is 154 Å². The Hall–Kier alpha value is -0.340. The zero-order chi connectivity index (χ0) is 18.0. The molecule has 0 aromatic rings. The van der Waals surface area contributed by atoms with E-state index < -0.39 is 0 Å². The monoisotopic (exact) mass is 346 g/mol. The quantitative estimate of drug-likeness (QED) is 0.721. The van der Waals surface area contributed by atoms with E-state index in [1.54, 1.807) is 5.57 Å². The summed E-state index contributed by atoms with van der Waals surface area (Å²) < 4.78 is 0. The second kappa shape index (κ2) is 5.83. The maximum absolute atomic E-state index is 10.2. The van der Waals surface area contributed by atoms with E-state index in [4.69, 9.17) is 0 Å². The van der Waals surface area contributed by atoms with E-state index in [1.165, 1.54) is 44.9 Å². The van der Waals surface area contributed by atoms with Crippen LogP contribution in [-0.2, 0) is 0 Å². The largest absolute Gasteiger partial charge is 0.396 e. The van der Waals surface area contributed by atoms with E-state index in [1.807, 2.05) is 0 Å². The third-order valence-corrected chi connectivity index (χ3v) is 9.42. The fraction of sp³-hybridized carbons (Fsp3) is 0.913. The molecule has 1 spiro atoms. The molecule has 2 bridgehead atoms. The third-order valence-electron chi connectivity index (χ3n) is 9.42.